The molecule has 0 unspecified atom stereocenters. The summed E-state index contributed by atoms with van der Waals surface area (Å²) in [6.45, 7) is 3.70. The molecule has 2 aliphatic rings. The third-order valence-electron chi connectivity index (χ3n) is 5.39. The molecule has 0 saturated carbocycles. The molecule has 2 aromatic rings. The van der Waals surface area contributed by atoms with Gasteiger partial charge in [0.1, 0.15) is 0 Å². The number of carbonyl (C=O) groups excluding carboxylic acids is 2. The molecule has 1 atom stereocenters. The van der Waals surface area contributed by atoms with Crippen LogP contribution in [-0.4, -0.2) is 45.6 Å². The highest BCUT2D eigenvalue weighted by molar-refractivity contribution is 5.97. The van der Waals surface area contributed by atoms with E-state index in [2.05, 4.69) is 23.0 Å². The second kappa shape index (κ2) is 6.25. The summed E-state index contributed by atoms with van der Waals surface area (Å²) >= 11 is 0. The van der Waals surface area contributed by atoms with Crippen LogP contribution >= 0.6 is 0 Å². The summed E-state index contributed by atoms with van der Waals surface area (Å²) in [5.41, 5.74) is 9.90. The Bertz CT molecular complexity index is 888. The Labute approximate surface area is 152 Å². The number of nitrogens with zero attached hydrogens (tertiary/aromatic N) is 4. The molecule has 0 aliphatic carbocycles. The van der Waals surface area contributed by atoms with E-state index in [1.54, 1.807) is 4.68 Å². The smallest absolute Gasteiger partial charge is 0.269 e. The van der Waals surface area contributed by atoms with Gasteiger partial charge in [0.05, 0.1) is 6.54 Å². The van der Waals surface area contributed by atoms with Crippen LogP contribution in [0.15, 0.2) is 24.3 Å². The van der Waals surface area contributed by atoms with Gasteiger partial charge in [-0.05, 0) is 25.0 Å². The monoisotopic (exact) mass is 353 g/mol. The second-order valence-corrected chi connectivity index (χ2v) is 7.17. The molecule has 4 rings (SSSR count). The van der Waals surface area contributed by atoms with Gasteiger partial charge < -0.3 is 10.6 Å². The maximum absolute atomic E-state index is 13.0. The number of para-hydroxylation sites is 1. The van der Waals surface area contributed by atoms with Gasteiger partial charge in [0, 0.05) is 49.5 Å². The molecule has 7 heteroatoms. The fourth-order valence-electron chi connectivity index (χ4n) is 4.19. The number of primary amides is 1. The highest BCUT2D eigenvalue weighted by Gasteiger charge is 2.33. The lowest BCUT2D eigenvalue weighted by Gasteiger charge is -2.30. The van der Waals surface area contributed by atoms with Crippen molar-refractivity contribution in [1.29, 1.82) is 0 Å². The van der Waals surface area contributed by atoms with Gasteiger partial charge in [-0.3, -0.25) is 19.2 Å². The van der Waals surface area contributed by atoms with Gasteiger partial charge in [0.25, 0.3) is 5.91 Å². The van der Waals surface area contributed by atoms with E-state index in [1.807, 2.05) is 30.1 Å². The van der Waals surface area contributed by atoms with Crippen molar-refractivity contribution in [2.45, 2.75) is 32.4 Å². The van der Waals surface area contributed by atoms with E-state index in [9.17, 15) is 9.59 Å². The quantitative estimate of drug-likeness (QED) is 0.887. The highest BCUT2D eigenvalue weighted by Crippen LogP contribution is 2.32. The number of benzene rings is 1. The molecule has 0 fully saturated rings. The zero-order valence-corrected chi connectivity index (χ0v) is 15.1. The first-order chi connectivity index (χ1) is 12.5. The number of hydrogen-bond donors (Lipinski definition) is 1. The molecular weight excluding hydrogens is 330 g/mol. The molecule has 0 radical (unpaired) electrons. The van der Waals surface area contributed by atoms with Crippen molar-refractivity contribution in [2.75, 3.05) is 18.0 Å². The number of aryl methyl sites for hydroxylation is 1. The van der Waals surface area contributed by atoms with Crippen LogP contribution in [0.3, 0.4) is 0 Å². The van der Waals surface area contributed by atoms with Crippen molar-refractivity contribution in [3.63, 3.8) is 0 Å². The zero-order valence-electron chi connectivity index (χ0n) is 15.1. The standard InChI is InChI=1S/C19H23N5O2/c1-12-9-13-5-3-4-6-15(13)24(12)17(25)11-23-8-7-16-14(10-23)18(19(20)26)21-22(16)2/h3-6,12H,7-11H2,1-2H3,(H2,20,26)/t12-/m1/s1. The summed E-state index contributed by atoms with van der Waals surface area (Å²) in [6.07, 6.45) is 1.64. The first-order valence-corrected chi connectivity index (χ1v) is 8.92. The fourth-order valence-corrected chi connectivity index (χ4v) is 4.19. The summed E-state index contributed by atoms with van der Waals surface area (Å²) in [5, 5.41) is 4.24. The third kappa shape index (κ3) is 2.68. The van der Waals surface area contributed by atoms with Crippen LogP contribution in [-0.2, 0) is 31.2 Å². The van der Waals surface area contributed by atoms with Crippen molar-refractivity contribution < 1.29 is 9.59 Å². The Kier molecular flexibility index (Phi) is 4.03. The van der Waals surface area contributed by atoms with E-state index >= 15 is 0 Å². The largest absolute Gasteiger partial charge is 0.364 e. The number of carbonyl (C=O) groups is 2. The molecule has 0 saturated heterocycles. The van der Waals surface area contributed by atoms with Gasteiger partial charge in [-0.2, -0.15) is 5.10 Å². The Balaban J connectivity index is 1.52. The van der Waals surface area contributed by atoms with E-state index in [0.717, 1.165) is 36.3 Å². The van der Waals surface area contributed by atoms with E-state index in [-0.39, 0.29) is 11.9 Å². The Morgan fingerprint density at radius 3 is 2.85 bits per heavy atom. The second-order valence-electron chi connectivity index (χ2n) is 7.17. The van der Waals surface area contributed by atoms with Gasteiger partial charge in [-0.1, -0.05) is 18.2 Å². The number of aromatic nitrogens is 2. The van der Waals surface area contributed by atoms with E-state index in [1.165, 1.54) is 5.56 Å². The number of amides is 2. The van der Waals surface area contributed by atoms with Gasteiger partial charge in [0.2, 0.25) is 5.91 Å². The number of nitrogens with two attached hydrogens (primary N) is 1. The number of hydrogen-bond acceptors (Lipinski definition) is 4. The molecule has 7 nitrogen and oxygen atoms in total. The molecule has 2 aliphatic heterocycles. The van der Waals surface area contributed by atoms with Crippen molar-refractivity contribution >= 4 is 17.5 Å². The maximum Gasteiger partial charge on any atom is 0.269 e. The molecule has 0 bridgehead atoms. The topological polar surface area (TPSA) is 84.5 Å². The molecule has 26 heavy (non-hydrogen) atoms. The third-order valence-corrected chi connectivity index (χ3v) is 5.39. The van der Waals surface area contributed by atoms with E-state index in [0.29, 0.717) is 18.8 Å². The zero-order chi connectivity index (χ0) is 18.4. The lowest BCUT2D eigenvalue weighted by atomic mass is 10.0. The van der Waals surface area contributed by atoms with Crippen LogP contribution in [0.4, 0.5) is 5.69 Å². The molecule has 1 aromatic carbocycles. The minimum Gasteiger partial charge on any atom is -0.364 e. The first kappa shape index (κ1) is 16.8. The maximum atomic E-state index is 13.0. The van der Waals surface area contributed by atoms with Crippen LogP contribution in [0.25, 0.3) is 0 Å². The molecule has 0 spiro atoms. The number of rotatable bonds is 3. The Hall–Kier alpha value is -2.67. The predicted molar refractivity (Wildman–Crippen MR) is 97.8 cm³/mol. The van der Waals surface area contributed by atoms with Crippen LogP contribution in [0.5, 0.6) is 0 Å². The summed E-state index contributed by atoms with van der Waals surface area (Å²) in [4.78, 5) is 28.6. The first-order valence-electron chi connectivity index (χ1n) is 8.92. The van der Waals surface area contributed by atoms with Gasteiger partial charge in [-0.15, -0.1) is 0 Å². The van der Waals surface area contributed by atoms with E-state index in [4.69, 9.17) is 5.73 Å². The molecule has 136 valence electrons. The lowest BCUT2D eigenvalue weighted by Crippen LogP contribution is -2.44. The fraction of sp³-hybridized carbons (Fsp3) is 0.421. The Morgan fingerprint density at radius 2 is 2.08 bits per heavy atom. The SMILES string of the molecule is C[C@@H]1Cc2ccccc2N1C(=O)CN1CCc2c(c(C(N)=O)nn2C)C1. The van der Waals surface area contributed by atoms with Crippen LogP contribution < -0.4 is 10.6 Å². The highest BCUT2D eigenvalue weighted by atomic mass is 16.2. The summed E-state index contributed by atoms with van der Waals surface area (Å²) in [6, 6.07) is 8.25. The number of anilines is 1. The average Bonchev–Trinajstić information content (AvgIpc) is 3.11. The van der Waals surface area contributed by atoms with Crippen molar-refractivity contribution in [1.82, 2.24) is 14.7 Å². The van der Waals surface area contributed by atoms with E-state index < -0.39 is 5.91 Å². The summed E-state index contributed by atoms with van der Waals surface area (Å²) in [7, 11) is 1.83. The number of fused-ring (bicyclic) bond motifs is 2. The Morgan fingerprint density at radius 1 is 1.31 bits per heavy atom. The molecule has 3 heterocycles. The van der Waals surface area contributed by atoms with Crippen LogP contribution in [0.2, 0.25) is 0 Å². The molecule has 2 N–H and O–H groups in total. The minimum atomic E-state index is -0.517. The van der Waals surface area contributed by atoms with Crippen molar-refractivity contribution in [2.24, 2.45) is 12.8 Å². The summed E-state index contributed by atoms with van der Waals surface area (Å²) < 4.78 is 1.73. The molecular formula is C19H23N5O2. The lowest BCUT2D eigenvalue weighted by molar-refractivity contribution is -0.120. The van der Waals surface area contributed by atoms with Crippen molar-refractivity contribution in [3.05, 3.63) is 46.8 Å². The average molecular weight is 353 g/mol. The van der Waals surface area contributed by atoms with Gasteiger partial charge in [0.15, 0.2) is 5.69 Å². The predicted octanol–water partition coefficient (Wildman–Crippen LogP) is 0.855. The van der Waals surface area contributed by atoms with Crippen molar-refractivity contribution in [3.8, 4) is 0 Å². The van der Waals surface area contributed by atoms with Crippen LogP contribution in [0.1, 0.15) is 34.2 Å². The summed E-state index contributed by atoms with van der Waals surface area (Å²) in [5.74, 6) is -0.424. The minimum absolute atomic E-state index is 0.0930. The molecule has 1 aromatic heterocycles. The molecule has 2 amide bonds. The van der Waals surface area contributed by atoms with Crippen LogP contribution in [0, 0.1) is 0 Å². The van der Waals surface area contributed by atoms with Gasteiger partial charge >= 0.3 is 0 Å². The van der Waals surface area contributed by atoms with Gasteiger partial charge in [-0.25, -0.2) is 0 Å². The normalized spacial score (nSPS) is 19.3.